The molecule has 6 nitrogen and oxygen atoms in total. The molecule has 1 aromatic heterocycles. The zero-order valence-corrected chi connectivity index (χ0v) is 20.3. The highest BCUT2D eigenvalue weighted by atomic mass is 16.5. The molecule has 2 aromatic carbocycles. The standard InChI is InChI=1S/C27H36N4O2/c1-19(2)31-24-13-8-7-12-23(24)29-27(31)25-14-9-15-30(25)17-26(32)28-16-21-10-5-6-11-22(21)18-33-20(3)4/h5-8,10-13,19-20,25H,9,14-18H2,1-4H3,(H,28,32). The first-order valence-corrected chi connectivity index (χ1v) is 12.1. The van der Waals surface area contributed by atoms with E-state index in [0.717, 1.165) is 41.9 Å². The van der Waals surface area contributed by atoms with E-state index in [4.69, 9.17) is 9.72 Å². The number of imidazole rings is 1. The molecule has 0 radical (unpaired) electrons. The number of fused-ring (bicyclic) bond motifs is 1. The molecule has 1 unspecified atom stereocenters. The second-order valence-electron chi connectivity index (χ2n) is 9.46. The van der Waals surface area contributed by atoms with Gasteiger partial charge in [-0.15, -0.1) is 0 Å². The molecule has 1 amide bonds. The minimum absolute atomic E-state index is 0.0497. The Morgan fingerprint density at radius 2 is 1.82 bits per heavy atom. The molecule has 176 valence electrons. The van der Waals surface area contributed by atoms with Gasteiger partial charge in [0.15, 0.2) is 0 Å². The van der Waals surface area contributed by atoms with Crippen LogP contribution in [0.1, 0.15) is 69.6 Å². The highest BCUT2D eigenvalue weighted by Gasteiger charge is 2.32. The molecule has 1 aliphatic rings. The van der Waals surface area contributed by atoms with Crippen molar-refractivity contribution >= 4 is 16.9 Å². The van der Waals surface area contributed by atoms with Gasteiger partial charge in [-0.3, -0.25) is 9.69 Å². The molecule has 1 saturated heterocycles. The molecule has 1 N–H and O–H groups in total. The molecule has 1 fully saturated rings. The van der Waals surface area contributed by atoms with Crippen LogP contribution in [0.25, 0.3) is 11.0 Å². The maximum Gasteiger partial charge on any atom is 0.234 e. The summed E-state index contributed by atoms with van der Waals surface area (Å²) in [4.78, 5) is 20.2. The van der Waals surface area contributed by atoms with Gasteiger partial charge in [-0.2, -0.15) is 0 Å². The van der Waals surface area contributed by atoms with Crippen LogP contribution in [0.2, 0.25) is 0 Å². The van der Waals surface area contributed by atoms with Gasteiger partial charge in [-0.1, -0.05) is 36.4 Å². The monoisotopic (exact) mass is 448 g/mol. The molecule has 6 heteroatoms. The fraction of sp³-hybridized carbons (Fsp3) is 0.481. The fourth-order valence-corrected chi connectivity index (χ4v) is 4.71. The highest BCUT2D eigenvalue weighted by Crippen LogP contribution is 2.34. The number of carbonyl (C=O) groups is 1. The summed E-state index contributed by atoms with van der Waals surface area (Å²) < 4.78 is 8.11. The first-order valence-electron chi connectivity index (χ1n) is 12.1. The number of rotatable bonds is 9. The Labute approximate surface area is 196 Å². The third-order valence-electron chi connectivity index (χ3n) is 6.31. The smallest absolute Gasteiger partial charge is 0.234 e. The predicted molar refractivity (Wildman–Crippen MR) is 132 cm³/mol. The maximum absolute atomic E-state index is 12.9. The van der Waals surface area contributed by atoms with Crippen molar-refractivity contribution < 1.29 is 9.53 Å². The summed E-state index contributed by atoms with van der Waals surface area (Å²) in [5, 5.41) is 3.13. The Hall–Kier alpha value is -2.70. The molecular formula is C27H36N4O2. The van der Waals surface area contributed by atoms with E-state index in [1.807, 2.05) is 32.0 Å². The highest BCUT2D eigenvalue weighted by molar-refractivity contribution is 5.78. The first kappa shape index (κ1) is 23.5. The Kier molecular flexibility index (Phi) is 7.46. The summed E-state index contributed by atoms with van der Waals surface area (Å²) >= 11 is 0. The van der Waals surface area contributed by atoms with Crippen molar-refractivity contribution in [1.82, 2.24) is 19.8 Å². The average molecular weight is 449 g/mol. The summed E-state index contributed by atoms with van der Waals surface area (Å²) in [7, 11) is 0. The lowest BCUT2D eigenvalue weighted by molar-refractivity contribution is -0.122. The number of ether oxygens (including phenoxy) is 1. The minimum atomic E-state index is 0.0497. The molecule has 1 atom stereocenters. The van der Waals surface area contributed by atoms with Crippen LogP contribution in [0, 0.1) is 0 Å². The van der Waals surface area contributed by atoms with Crippen LogP contribution in [0.3, 0.4) is 0 Å². The lowest BCUT2D eigenvalue weighted by Gasteiger charge is -2.25. The van der Waals surface area contributed by atoms with E-state index in [0.29, 0.717) is 25.7 Å². The SMILES string of the molecule is CC(C)OCc1ccccc1CNC(=O)CN1CCCC1c1nc2ccccc2n1C(C)C. The Bertz CT molecular complexity index is 1090. The van der Waals surface area contributed by atoms with E-state index >= 15 is 0 Å². The number of hydrogen-bond donors (Lipinski definition) is 1. The van der Waals surface area contributed by atoms with Crippen molar-refractivity contribution in [2.45, 2.75) is 71.9 Å². The van der Waals surface area contributed by atoms with Crippen LogP contribution in [0.5, 0.6) is 0 Å². The number of benzene rings is 2. The normalized spacial score (nSPS) is 16.8. The number of hydrogen-bond acceptors (Lipinski definition) is 4. The third-order valence-corrected chi connectivity index (χ3v) is 6.31. The number of nitrogens with one attached hydrogen (secondary N) is 1. The van der Waals surface area contributed by atoms with E-state index in [1.54, 1.807) is 0 Å². The molecule has 0 aliphatic carbocycles. The topological polar surface area (TPSA) is 59.4 Å². The van der Waals surface area contributed by atoms with E-state index in [9.17, 15) is 4.79 Å². The zero-order valence-electron chi connectivity index (χ0n) is 20.3. The van der Waals surface area contributed by atoms with Gasteiger partial charge in [0.25, 0.3) is 0 Å². The first-order chi connectivity index (χ1) is 15.9. The van der Waals surface area contributed by atoms with Crippen LogP contribution in [0.15, 0.2) is 48.5 Å². The van der Waals surface area contributed by atoms with Crippen LogP contribution < -0.4 is 5.32 Å². The Balaban J connectivity index is 1.43. The summed E-state index contributed by atoms with van der Waals surface area (Å²) in [6, 6.07) is 16.9. The minimum Gasteiger partial charge on any atom is -0.374 e. The van der Waals surface area contributed by atoms with Gasteiger partial charge < -0.3 is 14.6 Å². The van der Waals surface area contributed by atoms with Gasteiger partial charge in [-0.05, 0) is 70.3 Å². The van der Waals surface area contributed by atoms with Crippen molar-refractivity contribution in [3.63, 3.8) is 0 Å². The van der Waals surface area contributed by atoms with Crippen molar-refractivity contribution in [2.24, 2.45) is 0 Å². The number of aromatic nitrogens is 2. The van der Waals surface area contributed by atoms with Gasteiger partial charge in [0.05, 0.1) is 36.3 Å². The molecule has 0 saturated carbocycles. The van der Waals surface area contributed by atoms with Gasteiger partial charge >= 0.3 is 0 Å². The van der Waals surface area contributed by atoms with Crippen LogP contribution >= 0.6 is 0 Å². The molecule has 0 bridgehead atoms. The van der Waals surface area contributed by atoms with Crippen LogP contribution in [-0.4, -0.2) is 39.6 Å². The van der Waals surface area contributed by atoms with Crippen LogP contribution in [0.4, 0.5) is 0 Å². The predicted octanol–water partition coefficient (Wildman–Crippen LogP) is 5.00. The second-order valence-corrected chi connectivity index (χ2v) is 9.46. The number of carbonyl (C=O) groups excluding carboxylic acids is 1. The van der Waals surface area contributed by atoms with Crippen molar-refractivity contribution in [2.75, 3.05) is 13.1 Å². The van der Waals surface area contributed by atoms with Gasteiger partial charge in [0.2, 0.25) is 5.91 Å². The quantitative estimate of drug-likeness (QED) is 0.501. The van der Waals surface area contributed by atoms with Gasteiger partial charge in [0.1, 0.15) is 5.82 Å². The largest absolute Gasteiger partial charge is 0.374 e. The second kappa shape index (κ2) is 10.5. The molecular weight excluding hydrogens is 412 g/mol. The summed E-state index contributed by atoms with van der Waals surface area (Å²) in [5.41, 5.74) is 4.42. The van der Waals surface area contributed by atoms with E-state index in [1.165, 1.54) is 5.52 Å². The number of likely N-dealkylation sites (tertiary alicyclic amines) is 1. The average Bonchev–Trinajstić information content (AvgIpc) is 3.40. The lowest BCUT2D eigenvalue weighted by Crippen LogP contribution is -2.37. The van der Waals surface area contributed by atoms with Gasteiger partial charge in [0, 0.05) is 12.6 Å². The fourth-order valence-electron chi connectivity index (χ4n) is 4.71. The zero-order chi connectivity index (χ0) is 23.4. The maximum atomic E-state index is 12.9. The third kappa shape index (κ3) is 5.45. The molecule has 3 aromatic rings. The number of nitrogens with zero attached hydrogens (tertiary/aromatic N) is 3. The van der Waals surface area contributed by atoms with Crippen molar-refractivity contribution in [3.8, 4) is 0 Å². The molecule has 0 spiro atoms. The van der Waals surface area contributed by atoms with Gasteiger partial charge in [-0.25, -0.2) is 4.98 Å². The molecule has 1 aliphatic heterocycles. The summed E-state index contributed by atoms with van der Waals surface area (Å²) in [6.07, 6.45) is 2.28. The van der Waals surface area contributed by atoms with E-state index in [-0.39, 0.29) is 18.1 Å². The van der Waals surface area contributed by atoms with Crippen molar-refractivity contribution in [3.05, 3.63) is 65.5 Å². The number of para-hydroxylation sites is 2. The van der Waals surface area contributed by atoms with E-state index in [2.05, 4.69) is 59.0 Å². The van der Waals surface area contributed by atoms with Crippen LogP contribution in [-0.2, 0) is 22.7 Å². The molecule has 33 heavy (non-hydrogen) atoms. The Morgan fingerprint density at radius 3 is 2.58 bits per heavy atom. The Morgan fingerprint density at radius 1 is 1.09 bits per heavy atom. The number of amides is 1. The molecule has 4 rings (SSSR count). The summed E-state index contributed by atoms with van der Waals surface area (Å²) in [5.74, 6) is 1.13. The lowest BCUT2D eigenvalue weighted by atomic mass is 10.1. The van der Waals surface area contributed by atoms with Crippen molar-refractivity contribution in [1.29, 1.82) is 0 Å². The summed E-state index contributed by atoms with van der Waals surface area (Å²) in [6.45, 7) is 10.8. The molecule has 2 heterocycles. The van der Waals surface area contributed by atoms with E-state index < -0.39 is 0 Å².